The van der Waals surface area contributed by atoms with Gasteiger partial charge >= 0.3 is 0 Å². The summed E-state index contributed by atoms with van der Waals surface area (Å²) in [6, 6.07) is 0.0584. The molecule has 1 unspecified atom stereocenters. The molecule has 2 heterocycles. The number of allylic oxidation sites excluding steroid dienone is 2. The van der Waals surface area contributed by atoms with E-state index in [2.05, 4.69) is 9.97 Å². The van der Waals surface area contributed by atoms with Crippen LogP contribution in [0.1, 0.15) is 18.9 Å². The van der Waals surface area contributed by atoms with E-state index in [9.17, 15) is 8.78 Å². The van der Waals surface area contributed by atoms with Gasteiger partial charge < -0.3 is 4.57 Å². The van der Waals surface area contributed by atoms with Crippen molar-refractivity contribution in [2.24, 2.45) is 0 Å². The van der Waals surface area contributed by atoms with Crippen LogP contribution < -0.4 is 0 Å². The van der Waals surface area contributed by atoms with Crippen LogP contribution in [0.4, 0.5) is 8.78 Å². The highest BCUT2D eigenvalue weighted by atomic mass is 19.1. The first-order valence-electron chi connectivity index (χ1n) is 5.10. The maximum absolute atomic E-state index is 13.6. The molecule has 1 atom stereocenters. The van der Waals surface area contributed by atoms with Crippen LogP contribution in [0.5, 0.6) is 0 Å². The highest BCUT2D eigenvalue weighted by Gasteiger charge is 2.19. The fourth-order valence-corrected chi connectivity index (χ4v) is 2.08. The van der Waals surface area contributed by atoms with Gasteiger partial charge in [0.05, 0.1) is 18.6 Å². The Balaban J connectivity index is 2.26. The molecule has 3 rings (SSSR count). The Bertz CT molecular complexity index is 574. The molecule has 0 spiro atoms. The Kier molecular flexibility index (Phi) is 1.99. The van der Waals surface area contributed by atoms with Gasteiger partial charge in [-0.1, -0.05) is 12.2 Å². The lowest BCUT2D eigenvalue weighted by Crippen LogP contribution is -2.04. The van der Waals surface area contributed by atoms with Crippen LogP contribution in [0.3, 0.4) is 0 Å². The second-order valence-corrected chi connectivity index (χ2v) is 3.82. The van der Waals surface area contributed by atoms with Gasteiger partial charge in [-0.3, -0.25) is 0 Å². The third-order valence-electron chi connectivity index (χ3n) is 2.85. The first-order chi connectivity index (χ1) is 7.77. The van der Waals surface area contributed by atoms with Crippen LogP contribution in [0.2, 0.25) is 0 Å². The normalized spacial score (nSPS) is 19.8. The molecule has 2 aromatic rings. The fourth-order valence-electron chi connectivity index (χ4n) is 2.08. The molecule has 82 valence electrons. The zero-order valence-corrected chi connectivity index (χ0v) is 8.40. The van der Waals surface area contributed by atoms with Crippen LogP contribution >= 0.6 is 0 Å². The number of aromatic nitrogens is 3. The van der Waals surface area contributed by atoms with Gasteiger partial charge in [0, 0.05) is 0 Å². The number of rotatable bonds is 1. The summed E-state index contributed by atoms with van der Waals surface area (Å²) in [5, 5.41) is 0. The van der Waals surface area contributed by atoms with E-state index in [0.717, 1.165) is 19.0 Å². The second-order valence-electron chi connectivity index (χ2n) is 3.82. The molecule has 1 aliphatic carbocycles. The molecular formula is C11H9F2N3. The standard InChI is InChI=1S/C11H9F2N3/c12-8-5-14-11(13)10-9(8)15-6-16(10)7-3-1-2-4-7/h1,3,5-7H,2,4H2. The van der Waals surface area contributed by atoms with Crippen molar-refractivity contribution in [3.8, 4) is 0 Å². The molecule has 0 N–H and O–H groups in total. The molecule has 0 saturated carbocycles. The Morgan fingerprint density at radius 3 is 2.94 bits per heavy atom. The maximum atomic E-state index is 13.6. The predicted octanol–water partition coefficient (Wildman–Crippen LogP) is 2.60. The average Bonchev–Trinajstić information content (AvgIpc) is 2.90. The Labute approximate surface area is 90.4 Å². The SMILES string of the molecule is Fc1cnc(F)c2c1ncn2C1C=CCC1. The average molecular weight is 221 g/mol. The summed E-state index contributed by atoms with van der Waals surface area (Å²) in [5.41, 5.74) is 0.198. The number of imidazole rings is 1. The molecule has 16 heavy (non-hydrogen) atoms. The number of pyridine rings is 1. The monoisotopic (exact) mass is 221 g/mol. The van der Waals surface area contributed by atoms with Crippen molar-refractivity contribution in [2.75, 3.05) is 0 Å². The summed E-state index contributed by atoms with van der Waals surface area (Å²) < 4.78 is 28.5. The van der Waals surface area contributed by atoms with Crippen molar-refractivity contribution in [1.29, 1.82) is 0 Å². The molecule has 0 amide bonds. The number of halogens is 2. The van der Waals surface area contributed by atoms with Crippen LogP contribution in [-0.4, -0.2) is 14.5 Å². The van der Waals surface area contributed by atoms with E-state index in [1.54, 1.807) is 4.57 Å². The lowest BCUT2D eigenvalue weighted by Gasteiger charge is -2.10. The quantitative estimate of drug-likeness (QED) is 0.547. The Morgan fingerprint density at radius 2 is 2.19 bits per heavy atom. The summed E-state index contributed by atoms with van der Waals surface area (Å²) in [5.74, 6) is -1.26. The van der Waals surface area contributed by atoms with Gasteiger partial charge in [-0.25, -0.2) is 14.4 Å². The molecule has 0 saturated heterocycles. The first-order valence-corrected chi connectivity index (χ1v) is 5.10. The molecule has 0 aromatic carbocycles. The van der Waals surface area contributed by atoms with E-state index in [1.807, 2.05) is 12.2 Å². The lowest BCUT2D eigenvalue weighted by molar-refractivity contribution is 0.551. The summed E-state index contributed by atoms with van der Waals surface area (Å²) >= 11 is 0. The van der Waals surface area contributed by atoms with Gasteiger partial charge in [-0.2, -0.15) is 4.39 Å². The van der Waals surface area contributed by atoms with Crippen LogP contribution in [-0.2, 0) is 0 Å². The third kappa shape index (κ3) is 1.24. The highest BCUT2D eigenvalue weighted by molar-refractivity contribution is 5.75. The van der Waals surface area contributed by atoms with Gasteiger partial charge in [0.2, 0.25) is 5.95 Å². The molecule has 0 bridgehead atoms. The fraction of sp³-hybridized carbons (Fsp3) is 0.273. The number of nitrogens with zero attached hydrogens (tertiary/aromatic N) is 3. The van der Waals surface area contributed by atoms with E-state index in [-0.39, 0.29) is 17.1 Å². The van der Waals surface area contributed by atoms with E-state index in [1.165, 1.54) is 6.33 Å². The summed E-state index contributed by atoms with van der Waals surface area (Å²) in [4.78, 5) is 7.28. The first kappa shape index (κ1) is 9.45. The number of hydrogen-bond acceptors (Lipinski definition) is 2. The minimum Gasteiger partial charge on any atom is -0.320 e. The van der Waals surface area contributed by atoms with E-state index in [0.29, 0.717) is 0 Å². The molecule has 5 heteroatoms. The third-order valence-corrected chi connectivity index (χ3v) is 2.85. The van der Waals surface area contributed by atoms with E-state index >= 15 is 0 Å². The smallest absolute Gasteiger partial charge is 0.239 e. The molecule has 0 fully saturated rings. The van der Waals surface area contributed by atoms with Crippen molar-refractivity contribution in [3.63, 3.8) is 0 Å². The van der Waals surface area contributed by atoms with Crippen LogP contribution in [0.15, 0.2) is 24.7 Å². The zero-order chi connectivity index (χ0) is 11.1. The largest absolute Gasteiger partial charge is 0.320 e. The van der Waals surface area contributed by atoms with Crippen molar-refractivity contribution in [2.45, 2.75) is 18.9 Å². The van der Waals surface area contributed by atoms with Gasteiger partial charge in [-0.15, -0.1) is 0 Å². The maximum Gasteiger partial charge on any atom is 0.239 e. The van der Waals surface area contributed by atoms with Crippen molar-refractivity contribution < 1.29 is 8.78 Å². The summed E-state index contributed by atoms with van der Waals surface area (Å²) in [6.07, 6.45) is 8.18. The van der Waals surface area contributed by atoms with E-state index in [4.69, 9.17) is 0 Å². The second kappa shape index (κ2) is 3.37. The van der Waals surface area contributed by atoms with Crippen LogP contribution in [0.25, 0.3) is 11.0 Å². The number of hydrogen-bond donors (Lipinski definition) is 0. The van der Waals surface area contributed by atoms with Gasteiger partial charge in [0.1, 0.15) is 11.0 Å². The predicted molar refractivity (Wildman–Crippen MR) is 54.9 cm³/mol. The minimum atomic E-state index is -0.672. The van der Waals surface area contributed by atoms with Crippen molar-refractivity contribution in [1.82, 2.24) is 14.5 Å². The van der Waals surface area contributed by atoms with Gasteiger partial charge in [0.15, 0.2) is 5.82 Å². The molecule has 3 nitrogen and oxygen atoms in total. The molecule has 1 aliphatic rings. The Morgan fingerprint density at radius 1 is 1.31 bits per heavy atom. The molecule has 0 aliphatic heterocycles. The molecular weight excluding hydrogens is 212 g/mol. The zero-order valence-electron chi connectivity index (χ0n) is 8.40. The van der Waals surface area contributed by atoms with Crippen molar-refractivity contribution in [3.05, 3.63) is 36.4 Å². The van der Waals surface area contributed by atoms with E-state index < -0.39 is 11.8 Å². The lowest BCUT2D eigenvalue weighted by atomic mass is 10.2. The summed E-state index contributed by atoms with van der Waals surface area (Å²) in [6.45, 7) is 0. The highest BCUT2D eigenvalue weighted by Crippen LogP contribution is 2.28. The number of fused-ring (bicyclic) bond motifs is 1. The van der Waals surface area contributed by atoms with Gasteiger partial charge in [0.25, 0.3) is 0 Å². The van der Waals surface area contributed by atoms with Gasteiger partial charge in [-0.05, 0) is 12.8 Å². The molecule has 2 aromatic heterocycles. The molecule has 0 radical (unpaired) electrons. The summed E-state index contributed by atoms with van der Waals surface area (Å²) in [7, 11) is 0. The van der Waals surface area contributed by atoms with Crippen molar-refractivity contribution >= 4 is 11.0 Å². The topological polar surface area (TPSA) is 30.7 Å². The minimum absolute atomic E-state index is 0.0489. The Hall–Kier alpha value is -1.78. The van der Waals surface area contributed by atoms with Crippen LogP contribution in [0, 0.1) is 11.8 Å².